The van der Waals surface area contributed by atoms with E-state index in [0.717, 1.165) is 5.57 Å². The topological polar surface area (TPSA) is 93.1 Å². The molecule has 0 radical (unpaired) electrons. The Morgan fingerprint density at radius 3 is 2.46 bits per heavy atom. The van der Waals surface area contributed by atoms with Crippen molar-refractivity contribution in [2.24, 2.45) is 0 Å². The van der Waals surface area contributed by atoms with Crippen LogP contribution in [0.25, 0.3) is 0 Å². The van der Waals surface area contributed by atoms with Crippen molar-refractivity contribution in [3.63, 3.8) is 0 Å². The van der Waals surface area contributed by atoms with Gasteiger partial charge in [-0.2, -0.15) is 0 Å². The Hall–Kier alpha value is -2.34. The molecule has 0 spiro atoms. The summed E-state index contributed by atoms with van der Waals surface area (Å²) in [6.45, 7) is 6.80. The first kappa shape index (κ1) is 21.7. The van der Waals surface area contributed by atoms with E-state index in [1.54, 1.807) is 6.92 Å². The molecule has 1 rings (SSSR count). The van der Waals surface area contributed by atoms with Crippen molar-refractivity contribution >= 4 is 11.9 Å². The zero-order valence-corrected chi connectivity index (χ0v) is 16.0. The number of allylic oxidation sites excluding steroid dienone is 2. The van der Waals surface area contributed by atoms with E-state index in [4.69, 9.17) is 4.74 Å². The second-order valence-electron chi connectivity index (χ2n) is 6.81. The molecule has 0 bridgehead atoms. The van der Waals surface area contributed by atoms with Crippen molar-refractivity contribution in [2.45, 2.75) is 58.7 Å². The van der Waals surface area contributed by atoms with E-state index in [9.17, 15) is 19.8 Å². The third-order valence-electron chi connectivity index (χ3n) is 4.11. The van der Waals surface area contributed by atoms with Crippen LogP contribution in [-0.4, -0.2) is 41.0 Å². The summed E-state index contributed by atoms with van der Waals surface area (Å²) < 4.78 is 10.0. The SMILES string of the molecule is COC(=O)c1ccc(O)c(CC(OC(C)=O)C(C)(O)CCC=C(C)C)c1. The number of aromatic hydroxyl groups is 1. The summed E-state index contributed by atoms with van der Waals surface area (Å²) in [7, 11) is 1.27. The molecule has 0 aliphatic heterocycles. The maximum Gasteiger partial charge on any atom is 0.337 e. The highest BCUT2D eigenvalue weighted by molar-refractivity contribution is 5.89. The number of hydrogen-bond donors (Lipinski definition) is 2. The Balaban J connectivity index is 3.09. The molecule has 6 nitrogen and oxygen atoms in total. The smallest absolute Gasteiger partial charge is 0.337 e. The van der Waals surface area contributed by atoms with E-state index < -0.39 is 23.6 Å². The van der Waals surface area contributed by atoms with Crippen LogP contribution in [-0.2, 0) is 20.7 Å². The number of hydrogen-bond acceptors (Lipinski definition) is 6. The molecule has 26 heavy (non-hydrogen) atoms. The lowest BCUT2D eigenvalue weighted by Gasteiger charge is -2.32. The summed E-state index contributed by atoms with van der Waals surface area (Å²) in [6.07, 6.45) is 2.20. The van der Waals surface area contributed by atoms with E-state index in [2.05, 4.69) is 4.74 Å². The number of rotatable bonds is 8. The van der Waals surface area contributed by atoms with Crippen LogP contribution >= 0.6 is 0 Å². The monoisotopic (exact) mass is 364 g/mol. The van der Waals surface area contributed by atoms with Crippen LogP contribution in [0.1, 0.15) is 56.5 Å². The van der Waals surface area contributed by atoms with Crippen molar-refractivity contribution in [2.75, 3.05) is 7.11 Å². The normalized spacial score (nSPS) is 14.1. The summed E-state index contributed by atoms with van der Waals surface area (Å²) >= 11 is 0. The molecule has 1 aromatic rings. The quantitative estimate of drug-likeness (QED) is 0.544. The standard InChI is InChI=1S/C20H28O6/c1-13(2)7-6-10-20(4,24)18(26-14(3)21)12-16-11-15(19(23)25-5)8-9-17(16)22/h7-9,11,18,22,24H,6,10,12H2,1-5H3. The van der Waals surface area contributed by atoms with Crippen LogP contribution in [0.15, 0.2) is 29.8 Å². The van der Waals surface area contributed by atoms with Gasteiger partial charge in [-0.15, -0.1) is 0 Å². The average molecular weight is 364 g/mol. The number of ether oxygens (including phenoxy) is 2. The van der Waals surface area contributed by atoms with E-state index >= 15 is 0 Å². The average Bonchev–Trinajstić information content (AvgIpc) is 2.54. The molecule has 0 aliphatic carbocycles. The highest BCUT2D eigenvalue weighted by atomic mass is 16.6. The van der Waals surface area contributed by atoms with Gasteiger partial charge >= 0.3 is 11.9 Å². The van der Waals surface area contributed by atoms with Crippen LogP contribution in [0.3, 0.4) is 0 Å². The van der Waals surface area contributed by atoms with Crippen LogP contribution in [0, 0.1) is 0 Å². The molecule has 144 valence electrons. The van der Waals surface area contributed by atoms with E-state index in [0.29, 0.717) is 18.4 Å². The number of carbonyl (C=O) groups excluding carboxylic acids is 2. The minimum atomic E-state index is -1.30. The third kappa shape index (κ3) is 6.52. The maximum absolute atomic E-state index is 11.7. The van der Waals surface area contributed by atoms with E-state index in [1.165, 1.54) is 32.2 Å². The van der Waals surface area contributed by atoms with Gasteiger partial charge < -0.3 is 19.7 Å². The minimum absolute atomic E-state index is 0.0464. The van der Waals surface area contributed by atoms with E-state index in [-0.39, 0.29) is 17.7 Å². The van der Waals surface area contributed by atoms with Crippen molar-refractivity contribution in [3.8, 4) is 5.75 Å². The summed E-state index contributed by atoms with van der Waals surface area (Å²) in [5.74, 6) is -1.11. The second-order valence-corrected chi connectivity index (χ2v) is 6.81. The Labute approximate surface area is 154 Å². The lowest BCUT2D eigenvalue weighted by Crippen LogP contribution is -2.43. The summed E-state index contributed by atoms with van der Waals surface area (Å²) in [5, 5.41) is 20.9. The molecule has 0 saturated heterocycles. The number of aliphatic hydroxyl groups is 1. The van der Waals surface area contributed by atoms with Gasteiger partial charge in [-0.05, 0) is 57.4 Å². The minimum Gasteiger partial charge on any atom is -0.508 e. The number of phenols is 1. The molecule has 2 unspecified atom stereocenters. The molecular weight excluding hydrogens is 336 g/mol. The van der Waals surface area contributed by atoms with Crippen molar-refractivity contribution in [1.82, 2.24) is 0 Å². The zero-order valence-electron chi connectivity index (χ0n) is 16.0. The summed E-state index contributed by atoms with van der Waals surface area (Å²) in [4.78, 5) is 23.2. The fraction of sp³-hybridized carbons (Fsp3) is 0.500. The van der Waals surface area contributed by atoms with Crippen molar-refractivity contribution in [1.29, 1.82) is 0 Å². The van der Waals surface area contributed by atoms with Crippen LogP contribution in [0.4, 0.5) is 0 Å². The lowest BCUT2D eigenvalue weighted by atomic mass is 9.88. The Morgan fingerprint density at radius 1 is 1.27 bits per heavy atom. The first-order valence-corrected chi connectivity index (χ1v) is 8.50. The molecule has 0 amide bonds. The van der Waals surface area contributed by atoms with Gasteiger partial charge in [-0.25, -0.2) is 4.79 Å². The molecule has 1 aromatic carbocycles. The van der Waals surface area contributed by atoms with Crippen molar-refractivity contribution in [3.05, 3.63) is 41.0 Å². The predicted molar refractivity (Wildman–Crippen MR) is 98.0 cm³/mol. The fourth-order valence-electron chi connectivity index (χ4n) is 2.60. The summed E-state index contributed by atoms with van der Waals surface area (Å²) in [6, 6.07) is 4.30. The highest BCUT2D eigenvalue weighted by Crippen LogP contribution is 2.28. The predicted octanol–water partition coefficient (Wildman–Crippen LogP) is 3.15. The van der Waals surface area contributed by atoms with Gasteiger partial charge in [0.2, 0.25) is 0 Å². The van der Waals surface area contributed by atoms with Gasteiger partial charge in [-0.1, -0.05) is 11.6 Å². The Kier molecular flexibility index (Phi) is 7.83. The third-order valence-corrected chi connectivity index (χ3v) is 4.11. The number of methoxy groups -OCH3 is 1. The van der Waals surface area contributed by atoms with Crippen molar-refractivity contribution < 1.29 is 29.3 Å². The molecule has 2 atom stereocenters. The largest absolute Gasteiger partial charge is 0.508 e. The molecule has 0 aromatic heterocycles. The number of esters is 2. The van der Waals surface area contributed by atoms with Gasteiger partial charge in [0.15, 0.2) is 0 Å². The Bertz CT molecular complexity index is 671. The van der Waals surface area contributed by atoms with Crippen LogP contribution in [0.5, 0.6) is 5.75 Å². The van der Waals surface area contributed by atoms with Crippen LogP contribution < -0.4 is 0 Å². The highest BCUT2D eigenvalue weighted by Gasteiger charge is 2.34. The molecule has 0 heterocycles. The summed E-state index contributed by atoms with van der Waals surface area (Å²) in [5.41, 5.74) is 0.492. The van der Waals surface area contributed by atoms with Gasteiger partial charge in [-0.3, -0.25) is 4.79 Å². The van der Waals surface area contributed by atoms with Gasteiger partial charge in [0.1, 0.15) is 11.9 Å². The molecule has 2 N–H and O–H groups in total. The van der Waals surface area contributed by atoms with Gasteiger partial charge in [0.25, 0.3) is 0 Å². The molecule has 0 fully saturated rings. The molecule has 6 heteroatoms. The number of phenolic OH excluding ortho intramolecular Hbond substituents is 1. The number of benzene rings is 1. The van der Waals surface area contributed by atoms with E-state index in [1.807, 2.05) is 19.9 Å². The van der Waals surface area contributed by atoms with Gasteiger partial charge in [0, 0.05) is 13.3 Å². The molecular formula is C20H28O6. The number of carbonyl (C=O) groups is 2. The Morgan fingerprint density at radius 2 is 1.92 bits per heavy atom. The molecule has 0 aliphatic rings. The lowest BCUT2D eigenvalue weighted by molar-refractivity contribution is -0.161. The van der Waals surface area contributed by atoms with Gasteiger partial charge in [0.05, 0.1) is 18.3 Å². The van der Waals surface area contributed by atoms with Crippen LogP contribution in [0.2, 0.25) is 0 Å². The second kappa shape index (κ2) is 9.38. The zero-order chi connectivity index (χ0) is 19.9. The fourth-order valence-corrected chi connectivity index (χ4v) is 2.60. The first-order valence-electron chi connectivity index (χ1n) is 8.50. The molecule has 0 saturated carbocycles. The maximum atomic E-state index is 11.7. The first-order chi connectivity index (χ1) is 12.1.